The van der Waals surface area contributed by atoms with Crippen LogP contribution < -0.4 is 4.74 Å². The summed E-state index contributed by atoms with van der Waals surface area (Å²) in [6.45, 7) is 0. The Morgan fingerprint density at radius 2 is 1.90 bits per heavy atom. The third-order valence-electron chi connectivity index (χ3n) is 2.50. The van der Waals surface area contributed by atoms with E-state index in [9.17, 15) is 8.78 Å². The van der Waals surface area contributed by atoms with Crippen molar-refractivity contribution < 1.29 is 13.5 Å². The lowest BCUT2D eigenvalue weighted by atomic mass is 10.1. The van der Waals surface area contributed by atoms with E-state index in [0.29, 0.717) is 9.80 Å². The van der Waals surface area contributed by atoms with Gasteiger partial charge in [-0.25, -0.2) is 4.39 Å². The van der Waals surface area contributed by atoms with Crippen LogP contribution in [0.25, 0.3) is 0 Å². The highest BCUT2D eigenvalue weighted by Gasteiger charge is 2.14. The lowest BCUT2D eigenvalue weighted by Crippen LogP contribution is -1.95. The van der Waals surface area contributed by atoms with Crippen molar-refractivity contribution in [3.05, 3.63) is 57.6 Å². The van der Waals surface area contributed by atoms with Gasteiger partial charge in [-0.1, -0.05) is 37.9 Å². The minimum Gasteiger partial charge on any atom is -0.453 e. The number of alkyl halides is 1. The van der Waals surface area contributed by atoms with Crippen LogP contribution in [0.15, 0.2) is 34.8 Å². The summed E-state index contributed by atoms with van der Waals surface area (Å²) < 4.78 is 32.6. The smallest absolute Gasteiger partial charge is 0.201 e. The van der Waals surface area contributed by atoms with E-state index in [1.165, 1.54) is 6.07 Å². The quantitative estimate of drug-likeness (QED) is 0.516. The molecule has 0 aliphatic heterocycles. The molecule has 0 unspecified atom stereocenters. The van der Waals surface area contributed by atoms with Crippen LogP contribution in [-0.4, -0.2) is 0 Å². The van der Waals surface area contributed by atoms with Crippen molar-refractivity contribution in [3.63, 3.8) is 0 Å². The number of nitrogens with zero attached hydrogens (tertiary/aromatic N) is 1. The zero-order valence-corrected chi connectivity index (χ0v) is 13.1. The molecule has 0 fully saturated rings. The first kappa shape index (κ1) is 14.9. The summed E-state index contributed by atoms with van der Waals surface area (Å²) in [5.41, 5.74) is 1.14. The number of rotatable bonds is 3. The number of halogens is 4. The molecule has 0 saturated heterocycles. The van der Waals surface area contributed by atoms with E-state index in [4.69, 9.17) is 10.00 Å². The summed E-state index contributed by atoms with van der Waals surface area (Å²) in [4.78, 5) is 0. The molecule has 0 spiro atoms. The van der Waals surface area contributed by atoms with Gasteiger partial charge < -0.3 is 4.74 Å². The Morgan fingerprint density at radius 1 is 1.15 bits per heavy atom. The molecule has 102 valence electrons. The summed E-state index contributed by atoms with van der Waals surface area (Å²) >= 11 is 6.34. The molecule has 2 aromatic carbocycles. The van der Waals surface area contributed by atoms with Gasteiger partial charge in [0.05, 0.1) is 5.56 Å². The van der Waals surface area contributed by atoms with Gasteiger partial charge in [0.15, 0.2) is 11.6 Å². The maximum absolute atomic E-state index is 13.6. The van der Waals surface area contributed by atoms with E-state index in [1.807, 2.05) is 6.07 Å². The number of benzene rings is 2. The van der Waals surface area contributed by atoms with Gasteiger partial charge >= 0.3 is 0 Å². The SMILES string of the molecule is N#Cc1cc(CBr)ccc1Oc1cc(Br)cc(F)c1F. The Morgan fingerprint density at radius 3 is 2.55 bits per heavy atom. The van der Waals surface area contributed by atoms with Crippen LogP contribution in [0.3, 0.4) is 0 Å². The predicted molar refractivity (Wildman–Crippen MR) is 77.9 cm³/mol. The van der Waals surface area contributed by atoms with E-state index in [1.54, 1.807) is 18.2 Å². The second-order valence-corrected chi connectivity index (χ2v) is 5.35. The molecule has 0 N–H and O–H groups in total. The molecule has 0 bridgehead atoms. The molecule has 0 radical (unpaired) electrons. The van der Waals surface area contributed by atoms with Gasteiger partial charge in [0, 0.05) is 9.80 Å². The lowest BCUT2D eigenvalue weighted by Gasteiger charge is -2.10. The molecule has 0 aliphatic carbocycles. The van der Waals surface area contributed by atoms with Crippen molar-refractivity contribution in [1.82, 2.24) is 0 Å². The molecule has 6 heteroatoms. The molecular weight excluding hydrogens is 396 g/mol. The van der Waals surface area contributed by atoms with Gasteiger partial charge in [-0.3, -0.25) is 0 Å². The number of nitriles is 1. The van der Waals surface area contributed by atoms with E-state index < -0.39 is 11.6 Å². The first-order chi connectivity index (χ1) is 9.55. The summed E-state index contributed by atoms with van der Waals surface area (Å²) in [5.74, 6) is -2.22. The minimum atomic E-state index is -1.10. The molecule has 0 heterocycles. The molecule has 0 atom stereocenters. The fourth-order valence-electron chi connectivity index (χ4n) is 1.56. The Hall–Kier alpha value is -1.45. The van der Waals surface area contributed by atoms with Crippen molar-refractivity contribution in [2.24, 2.45) is 0 Å². The Bertz CT molecular complexity index is 698. The molecule has 0 aromatic heterocycles. The van der Waals surface area contributed by atoms with Crippen molar-refractivity contribution >= 4 is 31.9 Å². The standard InChI is InChI=1S/C14H7Br2F2NO/c15-6-8-1-2-12(9(3-8)7-19)20-13-5-10(16)4-11(17)14(13)18/h1-5H,6H2. The average Bonchev–Trinajstić information content (AvgIpc) is 2.44. The zero-order valence-electron chi connectivity index (χ0n) is 9.96. The van der Waals surface area contributed by atoms with E-state index in [0.717, 1.165) is 11.6 Å². The Labute approximate surface area is 131 Å². The third-order valence-corrected chi connectivity index (χ3v) is 3.60. The van der Waals surface area contributed by atoms with Crippen LogP contribution in [-0.2, 0) is 5.33 Å². The third kappa shape index (κ3) is 3.17. The predicted octanol–water partition coefficient (Wildman–Crippen LogP) is 5.29. The summed E-state index contributed by atoms with van der Waals surface area (Å²) in [5, 5.41) is 9.66. The van der Waals surface area contributed by atoms with Gasteiger partial charge in [-0.2, -0.15) is 9.65 Å². The zero-order chi connectivity index (χ0) is 14.7. The first-order valence-corrected chi connectivity index (χ1v) is 7.38. The lowest BCUT2D eigenvalue weighted by molar-refractivity contribution is 0.414. The molecule has 0 amide bonds. The van der Waals surface area contributed by atoms with Crippen LogP contribution in [0.1, 0.15) is 11.1 Å². The molecule has 0 saturated carbocycles. The van der Waals surface area contributed by atoms with Gasteiger partial charge in [-0.15, -0.1) is 0 Å². The van der Waals surface area contributed by atoms with Crippen LogP contribution in [0, 0.1) is 23.0 Å². The van der Waals surface area contributed by atoms with Crippen LogP contribution in [0.2, 0.25) is 0 Å². The molecule has 2 rings (SSSR count). The maximum atomic E-state index is 13.6. The van der Waals surface area contributed by atoms with Crippen LogP contribution >= 0.6 is 31.9 Å². The second kappa shape index (κ2) is 6.33. The van der Waals surface area contributed by atoms with Gasteiger partial charge in [-0.05, 0) is 29.8 Å². The largest absolute Gasteiger partial charge is 0.453 e. The minimum absolute atomic E-state index is 0.175. The van der Waals surface area contributed by atoms with E-state index in [-0.39, 0.29) is 17.1 Å². The molecular formula is C14H7Br2F2NO. The Balaban J connectivity index is 2.43. The maximum Gasteiger partial charge on any atom is 0.201 e. The molecule has 20 heavy (non-hydrogen) atoms. The van der Waals surface area contributed by atoms with Crippen molar-refractivity contribution in [3.8, 4) is 17.6 Å². The van der Waals surface area contributed by atoms with Crippen molar-refractivity contribution in [1.29, 1.82) is 5.26 Å². The second-order valence-electron chi connectivity index (χ2n) is 3.88. The topological polar surface area (TPSA) is 33.0 Å². The van der Waals surface area contributed by atoms with E-state index >= 15 is 0 Å². The normalized spacial score (nSPS) is 10.2. The van der Waals surface area contributed by atoms with Gasteiger partial charge in [0.2, 0.25) is 5.82 Å². The highest BCUT2D eigenvalue weighted by molar-refractivity contribution is 9.10. The number of ether oxygens (including phenoxy) is 1. The molecule has 0 aliphatic rings. The monoisotopic (exact) mass is 401 g/mol. The summed E-state index contributed by atoms with van der Waals surface area (Å²) in [6, 6.07) is 9.17. The van der Waals surface area contributed by atoms with Crippen molar-refractivity contribution in [2.75, 3.05) is 0 Å². The highest BCUT2D eigenvalue weighted by Crippen LogP contribution is 2.31. The average molecular weight is 403 g/mol. The fourth-order valence-corrected chi connectivity index (χ4v) is 2.32. The molecule has 2 aromatic rings. The summed E-state index contributed by atoms with van der Waals surface area (Å²) in [7, 11) is 0. The van der Waals surface area contributed by atoms with Crippen LogP contribution in [0.5, 0.6) is 11.5 Å². The highest BCUT2D eigenvalue weighted by atomic mass is 79.9. The van der Waals surface area contributed by atoms with Gasteiger partial charge in [0.1, 0.15) is 11.8 Å². The van der Waals surface area contributed by atoms with Crippen LogP contribution in [0.4, 0.5) is 8.78 Å². The number of hydrogen-bond donors (Lipinski definition) is 0. The van der Waals surface area contributed by atoms with Crippen molar-refractivity contribution in [2.45, 2.75) is 5.33 Å². The summed E-state index contributed by atoms with van der Waals surface area (Å²) in [6.07, 6.45) is 0. The number of hydrogen-bond acceptors (Lipinski definition) is 2. The first-order valence-electron chi connectivity index (χ1n) is 5.46. The van der Waals surface area contributed by atoms with Gasteiger partial charge in [0.25, 0.3) is 0 Å². The Kier molecular flexibility index (Phi) is 4.73. The molecule has 2 nitrogen and oxygen atoms in total. The fraction of sp³-hybridized carbons (Fsp3) is 0.0714. The van der Waals surface area contributed by atoms with E-state index in [2.05, 4.69) is 31.9 Å².